The van der Waals surface area contributed by atoms with Gasteiger partial charge in [0.15, 0.2) is 0 Å². The Morgan fingerprint density at radius 3 is 2.14 bits per heavy atom. The molecule has 0 N–H and O–H groups in total. The maximum Gasteiger partial charge on any atom is 0.0106 e. The van der Waals surface area contributed by atoms with Gasteiger partial charge in [-0.25, -0.2) is 0 Å². The average molecular weight is 136 g/mol. The first-order valence-electron chi connectivity index (χ1n) is 2.33. The first-order valence-corrected chi connectivity index (χ1v) is 5.01. The standard InChI is InChI=1S/C5H12S2/c1-5(7-3)4-6-2/h5H,4H2,1-3H3. The zero-order valence-corrected chi connectivity index (χ0v) is 6.73. The summed E-state index contributed by atoms with van der Waals surface area (Å²) < 4.78 is 0. The van der Waals surface area contributed by atoms with Crippen LogP contribution in [0.15, 0.2) is 0 Å². The van der Waals surface area contributed by atoms with Crippen molar-refractivity contribution in [1.82, 2.24) is 0 Å². The van der Waals surface area contributed by atoms with E-state index in [9.17, 15) is 0 Å². The second-order valence-electron chi connectivity index (χ2n) is 1.50. The number of hydrogen-bond acceptors (Lipinski definition) is 2. The molecule has 0 saturated carbocycles. The molecular formula is C5H12S2. The zero-order chi connectivity index (χ0) is 5.70. The van der Waals surface area contributed by atoms with Crippen LogP contribution in [0.2, 0.25) is 0 Å². The minimum Gasteiger partial charge on any atom is -0.164 e. The summed E-state index contributed by atoms with van der Waals surface area (Å²) in [7, 11) is 0. The summed E-state index contributed by atoms with van der Waals surface area (Å²) in [5.74, 6) is 1.28. The van der Waals surface area contributed by atoms with Crippen molar-refractivity contribution in [2.45, 2.75) is 12.2 Å². The van der Waals surface area contributed by atoms with Gasteiger partial charge in [0, 0.05) is 11.0 Å². The molecule has 0 aromatic rings. The minimum atomic E-state index is 0.829. The fourth-order valence-electron chi connectivity index (χ4n) is 0.303. The smallest absolute Gasteiger partial charge is 0.0106 e. The van der Waals surface area contributed by atoms with Crippen molar-refractivity contribution >= 4 is 23.5 Å². The third-order valence-corrected chi connectivity index (χ3v) is 2.82. The predicted octanol–water partition coefficient (Wildman–Crippen LogP) is 2.10. The van der Waals surface area contributed by atoms with Crippen LogP contribution >= 0.6 is 23.5 Å². The van der Waals surface area contributed by atoms with Crippen LogP contribution < -0.4 is 0 Å². The molecule has 0 aliphatic rings. The normalized spacial score (nSPS) is 14.1. The molecule has 0 aromatic carbocycles. The van der Waals surface area contributed by atoms with E-state index >= 15 is 0 Å². The molecule has 0 radical (unpaired) electrons. The summed E-state index contributed by atoms with van der Waals surface area (Å²) in [6, 6.07) is 0. The Labute approximate surface area is 54.4 Å². The highest BCUT2D eigenvalue weighted by molar-refractivity contribution is 8.02. The Kier molecular flexibility index (Phi) is 5.33. The molecule has 7 heavy (non-hydrogen) atoms. The first kappa shape index (κ1) is 7.70. The van der Waals surface area contributed by atoms with Crippen LogP contribution in [0.5, 0.6) is 0 Å². The number of hydrogen-bond donors (Lipinski definition) is 0. The molecular weight excluding hydrogens is 124 g/mol. The Balaban J connectivity index is 2.83. The highest BCUT2D eigenvalue weighted by atomic mass is 32.2. The van der Waals surface area contributed by atoms with Gasteiger partial charge in [-0.15, -0.1) is 0 Å². The molecule has 0 bridgehead atoms. The van der Waals surface area contributed by atoms with Gasteiger partial charge in [0.05, 0.1) is 0 Å². The van der Waals surface area contributed by atoms with Crippen molar-refractivity contribution in [2.75, 3.05) is 18.3 Å². The van der Waals surface area contributed by atoms with Gasteiger partial charge in [-0.2, -0.15) is 23.5 Å². The molecule has 1 unspecified atom stereocenters. The molecule has 0 rings (SSSR count). The fourth-order valence-corrected chi connectivity index (χ4v) is 1.72. The van der Waals surface area contributed by atoms with Crippen molar-refractivity contribution < 1.29 is 0 Å². The van der Waals surface area contributed by atoms with E-state index in [1.807, 2.05) is 23.5 Å². The molecule has 44 valence electrons. The lowest BCUT2D eigenvalue weighted by atomic mass is 10.6. The lowest BCUT2D eigenvalue weighted by Crippen LogP contribution is -1.96. The summed E-state index contributed by atoms with van der Waals surface area (Å²) in [6.45, 7) is 2.25. The van der Waals surface area contributed by atoms with Crippen molar-refractivity contribution in [3.05, 3.63) is 0 Å². The third kappa shape index (κ3) is 4.56. The van der Waals surface area contributed by atoms with Gasteiger partial charge < -0.3 is 0 Å². The molecule has 0 aliphatic heterocycles. The van der Waals surface area contributed by atoms with E-state index in [1.165, 1.54) is 5.75 Å². The Morgan fingerprint density at radius 1 is 1.43 bits per heavy atom. The molecule has 0 amide bonds. The summed E-state index contributed by atoms with van der Waals surface area (Å²) in [5, 5.41) is 0.829. The minimum absolute atomic E-state index is 0.829. The third-order valence-electron chi connectivity index (χ3n) is 0.804. The van der Waals surface area contributed by atoms with Crippen LogP contribution in [0.1, 0.15) is 6.92 Å². The van der Waals surface area contributed by atoms with Crippen molar-refractivity contribution in [2.24, 2.45) is 0 Å². The van der Waals surface area contributed by atoms with E-state index < -0.39 is 0 Å². The monoisotopic (exact) mass is 136 g/mol. The molecule has 0 saturated heterocycles. The van der Waals surface area contributed by atoms with Gasteiger partial charge in [-0.1, -0.05) is 6.92 Å². The van der Waals surface area contributed by atoms with Crippen LogP contribution in [-0.4, -0.2) is 23.5 Å². The van der Waals surface area contributed by atoms with Gasteiger partial charge in [-0.05, 0) is 12.5 Å². The van der Waals surface area contributed by atoms with Gasteiger partial charge in [0.2, 0.25) is 0 Å². The van der Waals surface area contributed by atoms with Crippen LogP contribution in [-0.2, 0) is 0 Å². The summed E-state index contributed by atoms with van der Waals surface area (Å²) in [6.07, 6.45) is 4.30. The van der Waals surface area contributed by atoms with Gasteiger partial charge in [0.25, 0.3) is 0 Å². The highest BCUT2D eigenvalue weighted by Crippen LogP contribution is 2.09. The molecule has 0 aliphatic carbocycles. The molecule has 2 heteroatoms. The van der Waals surface area contributed by atoms with Crippen LogP contribution in [0.3, 0.4) is 0 Å². The van der Waals surface area contributed by atoms with Crippen molar-refractivity contribution in [3.63, 3.8) is 0 Å². The quantitative estimate of drug-likeness (QED) is 0.583. The lowest BCUT2D eigenvalue weighted by Gasteiger charge is -2.02. The van der Waals surface area contributed by atoms with Crippen molar-refractivity contribution in [1.29, 1.82) is 0 Å². The number of thioether (sulfide) groups is 2. The van der Waals surface area contributed by atoms with Gasteiger partial charge >= 0.3 is 0 Å². The van der Waals surface area contributed by atoms with E-state index in [0.717, 1.165) is 5.25 Å². The number of rotatable bonds is 3. The lowest BCUT2D eigenvalue weighted by molar-refractivity contribution is 1.14. The van der Waals surface area contributed by atoms with E-state index in [2.05, 4.69) is 19.4 Å². The topological polar surface area (TPSA) is 0 Å². The summed E-state index contributed by atoms with van der Waals surface area (Å²) in [5.41, 5.74) is 0. The fraction of sp³-hybridized carbons (Fsp3) is 1.00. The second-order valence-corrected chi connectivity index (χ2v) is 3.69. The molecule has 0 heterocycles. The maximum absolute atomic E-state index is 2.25. The molecule has 0 spiro atoms. The van der Waals surface area contributed by atoms with Crippen molar-refractivity contribution in [3.8, 4) is 0 Å². The summed E-state index contributed by atoms with van der Waals surface area (Å²) >= 11 is 3.84. The van der Waals surface area contributed by atoms with Crippen LogP contribution in [0, 0.1) is 0 Å². The highest BCUT2D eigenvalue weighted by Gasteiger charge is 1.93. The molecule has 0 fully saturated rings. The second kappa shape index (κ2) is 4.85. The van der Waals surface area contributed by atoms with Crippen LogP contribution in [0.4, 0.5) is 0 Å². The molecule has 0 aromatic heterocycles. The van der Waals surface area contributed by atoms with E-state index in [0.29, 0.717) is 0 Å². The average Bonchev–Trinajstić information content (AvgIpc) is 1.68. The first-order chi connectivity index (χ1) is 3.31. The van der Waals surface area contributed by atoms with Crippen LogP contribution in [0.25, 0.3) is 0 Å². The molecule has 1 atom stereocenters. The predicted molar refractivity (Wildman–Crippen MR) is 41.4 cm³/mol. The zero-order valence-electron chi connectivity index (χ0n) is 5.10. The molecule has 0 nitrogen and oxygen atoms in total. The van der Waals surface area contributed by atoms with E-state index in [1.54, 1.807) is 0 Å². The Hall–Kier alpha value is 0.700. The van der Waals surface area contributed by atoms with E-state index in [-0.39, 0.29) is 0 Å². The maximum atomic E-state index is 2.25. The van der Waals surface area contributed by atoms with Gasteiger partial charge in [0.1, 0.15) is 0 Å². The van der Waals surface area contributed by atoms with E-state index in [4.69, 9.17) is 0 Å². The van der Waals surface area contributed by atoms with Gasteiger partial charge in [-0.3, -0.25) is 0 Å². The SMILES string of the molecule is CSCC(C)SC. The largest absolute Gasteiger partial charge is 0.164 e. The Morgan fingerprint density at radius 2 is 2.00 bits per heavy atom. The Bertz CT molecular complexity index is 37.1. The summed E-state index contributed by atoms with van der Waals surface area (Å²) in [4.78, 5) is 0.